The molecular formula is C12H20N4. The minimum absolute atomic E-state index is 0.324. The summed E-state index contributed by atoms with van der Waals surface area (Å²) in [5.41, 5.74) is 2.77. The Labute approximate surface area is 96.4 Å². The van der Waals surface area contributed by atoms with Crippen LogP contribution < -0.4 is 10.6 Å². The van der Waals surface area contributed by atoms with Crippen molar-refractivity contribution in [3.63, 3.8) is 0 Å². The first-order valence-corrected chi connectivity index (χ1v) is 6.32. The summed E-state index contributed by atoms with van der Waals surface area (Å²) in [5.74, 6) is 1.19. The van der Waals surface area contributed by atoms with E-state index in [2.05, 4.69) is 22.7 Å². The number of hydrogen-bond donors (Lipinski definition) is 2. The molecule has 2 aliphatic rings. The van der Waals surface area contributed by atoms with Crippen LogP contribution in [0.4, 0.5) is 11.5 Å². The van der Waals surface area contributed by atoms with Gasteiger partial charge in [0.1, 0.15) is 11.5 Å². The first-order valence-electron chi connectivity index (χ1n) is 6.32. The fraction of sp³-hybridized carbons (Fsp3) is 0.750. The van der Waals surface area contributed by atoms with Crippen LogP contribution in [0.3, 0.4) is 0 Å². The molecule has 1 aliphatic heterocycles. The van der Waals surface area contributed by atoms with Gasteiger partial charge in [-0.2, -0.15) is 5.10 Å². The zero-order valence-electron chi connectivity index (χ0n) is 10.1. The van der Waals surface area contributed by atoms with Crippen molar-refractivity contribution in [3.05, 3.63) is 5.69 Å². The van der Waals surface area contributed by atoms with Crippen LogP contribution in [0.2, 0.25) is 0 Å². The average Bonchev–Trinajstić information content (AvgIpc) is 2.54. The van der Waals surface area contributed by atoms with Gasteiger partial charge in [-0.25, -0.2) is 0 Å². The van der Waals surface area contributed by atoms with Gasteiger partial charge in [0.05, 0.1) is 11.2 Å². The fourth-order valence-corrected chi connectivity index (χ4v) is 2.78. The zero-order valence-corrected chi connectivity index (χ0v) is 10.1. The van der Waals surface area contributed by atoms with E-state index in [4.69, 9.17) is 0 Å². The second-order valence-corrected chi connectivity index (χ2v) is 5.16. The Morgan fingerprint density at radius 2 is 2.25 bits per heavy atom. The van der Waals surface area contributed by atoms with Gasteiger partial charge in [0, 0.05) is 13.6 Å². The van der Waals surface area contributed by atoms with E-state index in [1.807, 2.05) is 11.7 Å². The van der Waals surface area contributed by atoms with Crippen molar-refractivity contribution in [2.45, 2.75) is 44.6 Å². The van der Waals surface area contributed by atoms with Gasteiger partial charge in [-0.3, -0.25) is 4.68 Å². The van der Waals surface area contributed by atoms with E-state index in [1.165, 1.54) is 36.5 Å². The summed E-state index contributed by atoms with van der Waals surface area (Å²) in [4.78, 5) is 0. The number of aromatic nitrogens is 2. The number of nitrogens with zero attached hydrogens (tertiary/aromatic N) is 2. The number of hydrogen-bond acceptors (Lipinski definition) is 3. The largest absolute Gasteiger partial charge is 0.378 e. The lowest BCUT2D eigenvalue weighted by Gasteiger charge is -2.46. The van der Waals surface area contributed by atoms with Crippen molar-refractivity contribution >= 4 is 11.5 Å². The Morgan fingerprint density at radius 3 is 2.88 bits per heavy atom. The first kappa shape index (κ1) is 10.00. The number of rotatable bonds is 2. The van der Waals surface area contributed by atoms with E-state index >= 15 is 0 Å². The topological polar surface area (TPSA) is 41.9 Å². The SMILES string of the molecule is CCCc1nn(C)c2c1NCC1(CCC1)N2. The lowest BCUT2D eigenvalue weighted by Crippen LogP contribution is -2.53. The maximum Gasteiger partial charge on any atom is 0.148 e. The molecule has 1 aliphatic carbocycles. The molecule has 4 heteroatoms. The predicted molar refractivity (Wildman–Crippen MR) is 65.9 cm³/mol. The van der Waals surface area contributed by atoms with Crippen LogP contribution in [-0.4, -0.2) is 21.9 Å². The van der Waals surface area contributed by atoms with Gasteiger partial charge in [-0.05, 0) is 25.7 Å². The number of fused-ring (bicyclic) bond motifs is 1. The van der Waals surface area contributed by atoms with Gasteiger partial charge in [-0.1, -0.05) is 13.3 Å². The highest BCUT2D eigenvalue weighted by molar-refractivity contribution is 5.72. The Hall–Kier alpha value is -1.19. The third-order valence-corrected chi connectivity index (χ3v) is 3.90. The summed E-state index contributed by atoms with van der Waals surface area (Å²) in [7, 11) is 2.03. The lowest BCUT2D eigenvalue weighted by molar-refractivity contribution is 0.289. The summed E-state index contributed by atoms with van der Waals surface area (Å²) < 4.78 is 1.99. The van der Waals surface area contributed by atoms with Crippen molar-refractivity contribution in [3.8, 4) is 0 Å². The van der Waals surface area contributed by atoms with Crippen molar-refractivity contribution in [1.29, 1.82) is 0 Å². The highest BCUT2D eigenvalue weighted by Gasteiger charge is 2.41. The summed E-state index contributed by atoms with van der Waals surface area (Å²) in [5, 5.41) is 11.9. The molecule has 2 heterocycles. The maximum atomic E-state index is 4.60. The van der Waals surface area contributed by atoms with Crippen molar-refractivity contribution in [2.75, 3.05) is 17.2 Å². The molecule has 1 fully saturated rings. The van der Waals surface area contributed by atoms with Crippen LogP contribution in [-0.2, 0) is 13.5 Å². The Balaban J connectivity index is 1.92. The van der Waals surface area contributed by atoms with Gasteiger partial charge in [-0.15, -0.1) is 0 Å². The molecule has 0 saturated heterocycles. The average molecular weight is 220 g/mol. The zero-order chi connectivity index (χ0) is 11.2. The molecule has 3 rings (SSSR count). The maximum absolute atomic E-state index is 4.60. The van der Waals surface area contributed by atoms with Gasteiger partial charge in [0.2, 0.25) is 0 Å². The Kier molecular flexibility index (Phi) is 2.13. The second-order valence-electron chi connectivity index (χ2n) is 5.16. The highest BCUT2D eigenvalue weighted by atomic mass is 15.4. The fourth-order valence-electron chi connectivity index (χ4n) is 2.78. The third kappa shape index (κ3) is 1.32. The van der Waals surface area contributed by atoms with Crippen LogP contribution >= 0.6 is 0 Å². The number of anilines is 2. The van der Waals surface area contributed by atoms with Gasteiger partial charge in [0.15, 0.2) is 0 Å². The Bertz CT molecular complexity index is 403. The summed E-state index contributed by atoms with van der Waals surface area (Å²) >= 11 is 0. The third-order valence-electron chi connectivity index (χ3n) is 3.90. The van der Waals surface area contributed by atoms with E-state index in [-0.39, 0.29) is 0 Å². The van der Waals surface area contributed by atoms with Crippen LogP contribution in [0.25, 0.3) is 0 Å². The first-order chi connectivity index (χ1) is 7.74. The quantitative estimate of drug-likeness (QED) is 0.802. The summed E-state index contributed by atoms with van der Waals surface area (Å²) in [6.45, 7) is 3.26. The monoisotopic (exact) mass is 220 g/mol. The second kappa shape index (κ2) is 3.40. The molecular weight excluding hydrogens is 200 g/mol. The minimum Gasteiger partial charge on any atom is -0.378 e. The van der Waals surface area contributed by atoms with Crippen LogP contribution in [0.15, 0.2) is 0 Å². The molecule has 88 valence electrons. The molecule has 4 nitrogen and oxygen atoms in total. The van der Waals surface area contributed by atoms with E-state index in [9.17, 15) is 0 Å². The molecule has 2 N–H and O–H groups in total. The summed E-state index contributed by atoms with van der Waals surface area (Å²) in [6, 6.07) is 0. The lowest BCUT2D eigenvalue weighted by atomic mass is 9.75. The molecule has 1 spiro atoms. The molecule has 0 unspecified atom stereocenters. The van der Waals surface area contributed by atoms with E-state index in [1.54, 1.807) is 0 Å². The smallest absolute Gasteiger partial charge is 0.148 e. The molecule has 1 aromatic heterocycles. The predicted octanol–water partition coefficient (Wildman–Crippen LogP) is 2.13. The van der Waals surface area contributed by atoms with Gasteiger partial charge in [0.25, 0.3) is 0 Å². The molecule has 1 saturated carbocycles. The van der Waals surface area contributed by atoms with Crippen LogP contribution in [0.5, 0.6) is 0 Å². The van der Waals surface area contributed by atoms with E-state index in [0.717, 1.165) is 19.4 Å². The molecule has 1 aromatic rings. The highest BCUT2D eigenvalue weighted by Crippen LogP contribution is 2.42. The van der Waals surface area contributed by atoms with Crippen molar-refractivity contribution in [2.24, 2.45) is 7.05 Å². The molecule has 0 aromatic carbocycles. The number of nitrogens with one attached hydrogen (secondary N) is 2. The molecule has 0 radical (unpaired) electrons. The van der Waals surface area contributed by atoms with Gasteiger partial charge >= 0.3 is 0 Å². The van der Waals surface area contributed by atoms with Crippen molar-refractivity contribution < 1.29 is 0 Å². The molecule has 0 atom stereocenters. The van der Waals surface area contributed by atoms with E-state index < -0.39 is 0 Å². The molecule has 0 bridgehead atoms. The van der Waals surface area contributed by atoms with E-state index in [0.29, 0.717) is 5.54 Å². The molecule has 16 heavy (non-hydrogen) atoms. The van der Waals surface area contributed by atoms with Crippen LogP contribution in [0, 0.1) is 0 Å². The summed E-state index contributed by atoms with van der Waals surface area (Å²) in [6.07, 6.45) is 6.13. The molecule has 0 amide bonds. The number of aryl methyl sites for hydroxylation is 2. The van der Waals surface area contributed by atoms with Gasteiger partial charge < -0.3 is 10.6 Å². The minimum atomic E-state index is 0.324. The van der Waals surface area contributed by atoms with Crippen molar-refractivity contribution in [1.82, 2.24) is 9.78 Å². The normalized spacial score (nSPS) is 20.9. The standard InChI is InChI=1S/C12H20N4/c1-3-5-9-10-11(16(2)15-9)14-12(8-13-10)6-4-7-12/h13-14H,3-8H2,1-2H3. The van der Waals surface area contributed by atoms with Crippen LogP contribution in [0.1, 0.15) is 38.3 Å². The Morgan fingerprint density at radius 1 is 1.44 bits per heavy atom.